The molecule has 1 rings (SSSR count). The van der Waals surface area contributed by atoms with Gasteiger partial charge >= 0.3 is 0 Å². The number of carbonyl (C=O) groups is 1. The Morgan fingerprint density at radius 3 is 2.70 bits per heavy atom. The second kappa shape index (κ2) is 3.01. The van der Waals surface area contributed by atoms with Crippen LogP contribution in [0.1, 0.15) is 25.7 Å². The summed E-state index contributed by atoms with van der Waals surface area (Å²) in [4.78, 5) is 10.4. The molecule has 3 nitrogen and oxygen atoms in total. The van der Waals surface area contributed by atoms with Crippen LogP contribution in [0.3, 0.4) is 0 Å². The SMILES string of the molecule is NC(=O)C[C@H]1CC[C@H](O)C1. The highest BCUT2D eigenvalue weighted by molar-refractivity contribution is 5.74. The molecule has 0 unspecified atom stereocenters. The van der Waals surface area contributed by atoms with Gasteiger partial charge in [-0.2, -0.15) is 0 Å². The van der Waals surface area contributed by atoms with Gasteiger partial charge in [0.05, 0.1) is 6.10 Å². The number of nitrogens with two attached hydrogens (primary N) is 1. The monoisotopic (exact) mass is 143 g/mol. The van der Waals surface area contributed by atoms with Crippen LogP contribution >= 0.6 is 0 Å². The van der Waals surface area contributed by atoms with Crippen LogP contribution in [0, 0.1) is 5.92 Å². The smallest absolute Gasteiger partial charge is 0.217 e. The summed E-state index contributed by atoms with van der Waals surface area (Å²) in [6, 6.07) is 0. The highest BCUT2D eigenvalue weighted by Crippen LogP contribution is 2.27. The molecule has 10 heavy (non-hydrogen) atoms. The van der Waals surface area contributed by atoms with E-state index in [1.54, 1.807) is 0 Å². The van der Waals surface area contributed by atoms with Crippen LogP contribution in [0.4, 0.5) is 0 Å². The predicted octanol–water partition coefficient (Wildman–Crippen LogP) is 0.0228. The highest BCUT2D eigenvalue weighted by atomic mass is 16.3. The molecule has 58 valence electrons. The molecule has 1 amide bonds. The molecule has 0 aromatic carbocycles. The molecule has 3 heteroatoms. The highest BCUT2D eigenvalue weighted by Gasteiger charge is 2.23. The molecular formula is C7H13NO2. The molecule has 1 aliphatic rings. The van der Waals surface area contributed by atoms with Crippen LogP contribution in [0.25, 0.3) is 0 Å². The lowest BCUT2D eigenvalue weighted by atomic mass is 10.0. The Kier molecular flexibility index (Phi) is 2.27. The third-order valence-corrected chi connectivity index (χ3v) is 2.00. The van der Waals surface area contributed by atoms with Crippen LogP contribution in [0.5, 0.6) is 0 Å². The summed E-state index contributed by atoms with van der Waals surface area (Å²) < 4.78 is 0. The van der Waals surface area contributed by atoms with Crippen molar-refractivity contribution in [1.29, 1.82) is 0 Å². The lowest BCUT2D eigenvalue weighted by Crippen LogP contribution is -2.15. The first-order chi connectivity index (χ1) is 4.68. The number of carbonyl (C=O) groups excluding carboxylic acids is 1. The van der Waals surface area contributed by atoms with Crippen LogP contribution in [0.15, 0.2) is 0 Å². The standard InChI is InChI=1S/C7H13NO2/c8-7(10)4-5-1-2-6(9)3-5/h5-6,9H,1-4H2,(H2,8,10)/t5-,6-/m0/s1. The van der Waals surface area contributed by atoms with E-state index in [4.69, 9.17) is 10.8 Å². The maximum atomic E-state index is 10.4. The van der Waals surface area contributed by atoms with E-state index in [9.17, 15) is 4.79 Å². The number of primary amides is 1. The Morgan fingerprint density at radius 1 is 1.60 bits per heavy atom. The van der Waals surface area contributed by atoms with Gasteiger partial charge in [0.25, 0.3) is 0 Å². The quantitative estimate of drug-likeness (QED) is 0.572. The van der Waals surface area contributed by atoms with Gasteiger partial charge in [0, 0.05) is 6.42 Å². The summed E-state index contributed by atoms with van der Waals surface area (Å²) in [7, 11) is 0. The average molecular weight is 143 g/mol. The first-order valence-corrected chi connectivity index (χ1v) is 3.65. The minimum atomic E-state index is -0.251. The molecule has 0 bridgehead atoms. The zero-order valence-electron chi connectivity index (χ0n) is 5.92. The minimum absolute atomic E-state index is 0.190. The molecule has 0 radical (unpaired) electrons. The third-order valence-electron chi connectivity index (χ3n) is 2.00. The molecule has 1 aliphatic carbocycles. The Balaban J connectivity index is 2.24. The van der Waals surface area contributed by atoms with Gasteiger partial charge in [0.1, 0.15) is 0 Å². The molecule has 1 saturated carbocycles. The zero-order chi connectivity index (χ0) is 7.56. The summed E-state index contributed by atoms with van der Waals surface area (Å²) in [6.07, 6.45) is 2.78. The Morgan fingerprint density at radius 2 is 2.30 bits per heavy atom. The summed E-state index contributed by atoms with van der Waals surface area (Å²) >= 11 is 0. The third kappa shape index (κ3) is 1.99. The van der Waals surface area contributed by atoms with E-state index in [1.807, 2.05) is 0 Å². The van der Waals surface area contributed by atoms with Crippen LogP contribution in [-0.4, -0.2) is 17.1 Å². The molecule has 0 aromatic heterocycles. The molecule has 1 fully saturated rings. The van der Waals surface area contributed by atoms with Gasteiger partial charge in [-0.15, -0.1) is 0 Å². The molecule has 2 atom stereocenters. The van der Waals surface area contributed by atoms with Crippen molar-refractivity contribution in [2.24, 2.45) is 11.7 Å². The van der Waals surface area contributed by atoms with Gasteiger partial charge in [-0.05, 0) is 25.2 Å². The van der Waals surface area contributed by atoms with Crippen molar-refractivity contribution in [3.63, 3.8) is 0 Å². The van der Waals surface area contributed by atoms with E-state index in [1.165, 1.54) is 0 Å². The van der Waals surface area contributed by atoms with E-state index in [0.29, 0.717) is 12.3 Å². The van der Waals surface area contributed by atoms with Gasteiger partial charge in [0.2, 0.25) is 5.91 Å². The fourth-order valence-corrected chi connectivity index (χ4v) is 1.52. The van der Waals surface area contributed by atoms with Crippen LogP contribution in [-0.2, 0) is 4.79 Å². The van der Waals surface area contributed by atoms with E-state index < -0.39 is 0 Å². The fraction of sp³-hybridized carbons (Fsp3) is 0.857. The fourth-order valence-electron chi connectivity index (χ4n) is 1.52. The Hall–Kier alpha value is -0.570. The van der Waals surface area contributed by atoms with Gasteiger partial charge in [0.15, 0.2) is 0 Å². The van der Waals surface area contributed by atoms with E-state index in [2.05, 4.69) is 0 Å². The summed E-state index contributed by atoms with van der Waals surface area (Å²) in [5.41, 5.74) is 5.00. The first kappa shape index (κ1) is 7.54. The topological polar surface area (TPSA) is 63.3 Å². The van der Waals surface area contributed by atoms with Crippen LogP contribution in [0.2, 0.25) is 0 Å². The summed E-state index contributed by atoms with van der Waals surface area (Å²) in [5.74, 6) is 0.0894. The van der Waals surface area contributed by atoms with Crippen molar-refractivity contribution in [3.05, 3.63) is 0 Å². The lowest BCUT2D eigenvalue weighted by Gasteiger charge is -2.03. The van der Waals surface area contributed by atoms with E-state index in [-0.39, 0.29) is 12.0 Å². The molecule has 0 saturated heterocycles. The molecule has 3 N–H and O–H groups in total. The van der Waals surface area contributed by atoms with E-state index >= 15 is 0 Å². The lowest BCUT2D eigenvalue weighted by molar-refractivity contribution is -0.118. The average Bonchev–Trinajstić information content (AvgIpc) is 2.13. The zero-order valence-corrected chi connectivity index (χ0v) is 5.92. The Bertz CT molecular complexity index is 136. The molecule has 0 aliphatic heterocycles. The summed E-state index contributed by atoms with van der Waals surface area (Å²) in [6.45, 7) is 0. The number of hydrogen-bond donors (Lipinski definition) is 2. The number of rotatable bonds is 2. The first-order valence-electron chi connectivity index (χ1n) is 3.65. The number of amides is 1. The normalized spacial score (nSPS) is 32.5. The maximum Gasteiger partial charge on any atom is 0.217 e. The van der Waals surface area contributed by atoms with Gasteiger partial charge < -0.3 is 10.8 Å². The minimum Gasteiger partial charge on any atom is -0.393 e. The van der Waals surface area contributed by atoms with Crippen molar-refractivity contribution >= 4 is 5.91 Å². The van der Waals surface area contributed by atoms with E-state index in [0.717, 1.165) is 19.3 Å². The van der Waals surface area contributed by atoms with Crippen LogP contribution < -0.4 is 5.73 Å². The van der Waals surface area contributed by atoms with Crippen molar-refractivity contribution in [1.82, 2.24) is 0 Å². The summed E-state index contributed by atoms with van der Waals surface area (Å²) in [5, 5.41) is 9.06. The Labute approximate surface area is 60.2 Å². The molecule has 0 aromatic rings. The molecule has 0 heterocycles. The molecule has 0 spiro atoms. The van der Waals surface area contributed by atoms with Gasteiger partial charge in [-0.1, -0.05) is 0 Å². The van der Waals surface area contributed by atoms with Gasteiger partial charge in [-0.3, -0.25) is 4.79 Å². The van der Waals surface area contributed by atoms with Crippen molar-refractivity contribution < 1.29 is 9.90 Å². The van der Waals surface area contributed by atoms with Gasteiger partial charge in [-0.25, -0.2) is 0 Å². The number of hydrogen-bond acceptors (Lipinski definition) is 2. The second-order valence-corrected chi connectivity index (χ2v) is 3.00. The number of aliphatic hydroxyl groups excluding tert-OH is 1. The van der Waals surface area contributed by atoms with Crippen molar-refractivity contribution in [2.45, 2.75) is 31.8 Å². The van der Waals surface area contributed by atoms with Crippen molar-refractivity contribution in [3.8, 4) is 0 Å². The molecular weight excluding hydrogens is 130 g/mol. The second-order valence-electron chi connectivity index (χ2n) is 3.00. The largest absolute Gasteiger partial charge is 0.393 e. The maximum absolute atomic E-state index is 10.4. The predicted molar refractivity (Wildman–Crippen MR) is 37.2 cm³/mol. The van der Waals surface area contributed by atoms with Crippen molar-refractivity contribution in [2.75, 3.05) is 0 Å². The number of aliphatic hydroxyl groups is 1.